The summed E-state index contributed by atoms with van der Waals surface area (Å²) in [4.78, 5) is 24.6. The number of aryl methyl sites for hydroxylation is 2. The SMILES string of the molecule is CCOc1ccccc1OCC(=O)Oc1ccc(C(=O)Nc2ccc(C)cc2C)cc1. The van der Waals surface area contributed by atoms with Crippen molar-refractivity contribution in [1.82, 2.24) is 0 Å². The molecule has 3 aromatic rings. The third-order valence-corrected chi connectivity index (χ3v) is 4.47. The monoisotopic (exact) mass is 419 g/mol. The molecule has 0 heterocycles. The van der Waals surface area contributed by atoms with Crippen LogP contribution in [0.5, 0.6) is 17.2 Å². The molecule has 0 radical (unpaired) electrons. The molecule has 160 valence electrons. The predicted octanol–water partition coefficient (Wildman–Crippen LogP) is 4.94. The molecule has 0 bridgehead atoms. The summed E-state index contributed by atoms with van der Waals surface area (Å²) >= 11 is 0. The lowest BCUT2D eigenvalue weighted by Gasteiger charge is -2.11. The fraction of sp³-hybridized carbons (Fsp3) is 0.200. The second kappa shape index (κ2) is 10.3. The molecule has 0 fully saturated rings. The molecule has 0 spiro atoms. The molecule has 3 rings (SSSR count). The number of esters is 1. The first-order chi connectivity index (χ1) is 15.0. The van der Waals surface area contributed by atoms with Gasteiger partial charge in [0.15, 0.2) is 18.1 Å². The van der Waals surface area contributed by atoms with Gasteiger partial charge in [-0.3, -0.25) is 4.79 Å². The lowest BCUT2D eigenvalue weighted by atomic mass is 10.1. The zero-order chi connectivity index (χ0) is 22.2. The van der Waals surface area contributed by atoms with Gasteiger partial charge in [0.05, 0.1) is 6.61 Å². The molecule has 1 N–H and O–H groups in total. The number of anilines is 1. The van der Waals surface area contributed by atoms with E-state index in [9.17, 15) is 9.59 Å². The molecule has 0 atom stereocenters. The van der Waals surface area contributed by atoms with Crippen molar-refractivity contribution in [1.29, 1.82) is 0 Å². The van der Waals surface area contributed by atoms with Gasteiger partial charge in [-0.2, -0.15) is 0 Å². The van der Waals surface area contributed by atoms with Crippen LogP contribution >= 0.6 is 0 Å². The van der Waals surface area contributed by atoms with E-state index in [-0.39, 0.29) is 12.5 Å². The molecular formula is C25H25NO5. The molecule has 0 aliphatic heterocycles. The first-order valence-electron chi connectivity index (χ1n) is 10.00. The highest BCUT2D eigenvalue weighted by Crippen LogP contribution is 2.26. The van der Waals surface area contributed by atoms with E-state index in [4.69, 9.17) is 14.2 Å². The summed E-state index contributed by atoms with van der Waals surface area (Å²) < 4.78 is 16.3. The first-order valence-corrected chi connectivity index (χ1v) is 10.00. The molecule has 31 heavy (non-hydrogen) atoms. The number of benzene rings is 3. The van der Waals surface area contributed by atoms with Gasteiger partial charge in [0.1, 0.15) is 5.75 Å². The lowest BCUT2D eigenvalue weighted by Crippen LogP contribution is -2.18. The van der Waals surface area contributed by atoms with Gasteiger partial charge < -0.3 is 19.5 Å². The fourth-order valence-corrected chi connectivity index (χ4v) is 2.96. The summed E-state index contributed by atoms with van der Waals surface area (Å²) in [7, 11) is 0. The minimum absolute atomic E-state index is 0.235. The average Bonchev–Trinajstić information content (AvgIpc) is 2.76. The zero-order valence-electron chi connectivity index (χ0n) is 17.8. The summed E-state index contributed by atoms with van der Waals surface area (Å²) in [6.07, 6.45) is 0. The van der Waals surface area contributed by atoms with Crippen LogP contribution in [-0.2, 0) is 4.79 Å². The van der Waals surface area contributed by atoms with Crippen LogP contribution < -0.4 is 19.5 Å². The number of carbonyl (C=O) groups is 2. The Morgan fingerprint density at radius 3 is 2.19 bits per heavy atom. The minimum atomic E-state index is -0.557. The molecule has 0 aliphatic carbocycles. The van der Waals surface area contributed by atoms with Crippen LogP contribution in [0.4, 0.5) is 5.69 Å². The van der Waals surface area contributed by atoms with Crippen LogP contribution in [0.1, 0.15) is 28.4 Å². The van der Waals surface area contributed by atoms with Gasteiger partial charge in [0.25, 0.3) is 5.91 Å². The van der Waals surface area contributed by atoms with Crippen LogP contribution in [0.25, 0.3) is 0 Å². The Kier molecular flexibility index (Phi) is 7.27. The number of carbonyl (C=O) groups excluding carboxylic acids is 2. The Morgan fingerprint density at radius 1 is 0.871 bits per heavy atom. The highest BCUT2D eigenvalue weighted by Gasteiger charge is 2.11. The molecule has 0 unspecified atom stereocenters. The Morgan fingerprint density at radius 2 is 1.55 bits per heavy atom. The van der Waals surface area contributed by atoms with E-state index in [0.29, 0.717) is 29.4 Å². The summed E-state index contributed by atoms with van der Waals surface area (Å²) in [5.74, 6) is 0.575. The Hall–Kier alpha value is -3.80. The third kappa shape index (κ3) is 6.09. The Labute approximate surface area is 181 Å². The van der Waals surface area contributed by atoms with Crippen LogP contribution in [0, 0.1) is 13.8 Å². The van der Waals surface area contributed by atoms with E-state index in [2.05, 4.69) is 5.32 Å². The molecule has 3 aromatic carbocycles. The van der Waals surface area contributed by atoms with Crippen molar-refractivity contribution < 1.29 is 23.8 Å². The number of hydrogen-bond donors (Lipinski definition) is 1. The van der Waals surface area contributed by atoms with Crippen molar-refractivity contribution in [2.45, 2.75) is 20.8 Å². The number of hydrogen-bond acceptors (Lipinski definition) is 5. The Balaban J connectivity index is 1.55. The van der Waals surface area contributed by atoms with Crippen LogP contribution in [0.2, 0.25) is 0 Å². The number of amides is 1. The van der Waals surface area contributed by atoms with Crippen LogP contribution in [-0.4, -0.2) is 25.1 Å². The van der Waals surface area contributed by atoms with Gasteiger partial charge in [0, 0.05) is 11.3 Å². The summed E-state index contributed by atoms with van der Waals surface area (Å²) in [5, 5.41) is 2.89. The molecule has 6 nitrogen and oxygen atoms in total. The zero-order valence-corrected chi connectivity index (χ0v) is 17.8. The summed E-state index contributed by atoms with van der Waals surface area (Å²) in [6.45, 7) is 6.05. The van der Waals surface area contributed by atoms with E-state index in [1.807, 2.05) is 45.0 Å². The molecule has 1 amide bonds. The van der Waals surface area contributed by atoms with E-state index in [1.54, 1.807) is 42.5 Å². The van der Waals surface area contributed by atoms with Crippen molar-refractivity contribution in [3.05, 3.63) is 83.4 Å². The number of nitrogens with one attached hydrogen (secondary N) is 1. The van der Waals surface area contributed by atoms with E-state index >= 15 is 0 Å². The smallest absolute Gasteiger partial charge is 0.349 e. The van der Waals surface area contributed by atoms with E-state index in [1.165, 1.54) is 0 Å². The highest BCUT2D eigenvalue weighted by molar-refractivity contribution is 6.04. The maximum atomic E-state index is 12.5. The molecule has 0 aliphatic rings. The first kappa shape index (κ1) is 21.9. The standard InChI is InChI=1S/C25H25NO5/c1-4-29-22-7-5-6-8-23(22)30-16-24(27)31-20-12-10-19(11-13-20)25(28)26-21-14-9-17(2)15-18(21)3/h5-15H,4,16H2,1-3H3,(H,26,28). The van der Waals surface area contributed by atoms with Crippen molar-refractivity contribution in [2.24, 2.45) is 0 Å². The number of ether oxygens (including phenoxy) is 3. The second-order valence-corrected chi connectivity index (χ2v) is 6.94. The van der Waals surface area contributed by atoms with Gasteiger partial charge in [-0.15, -0.1) is 0 Å². The van der Waals surface area contributed by atoms with Crippen molar-refractivity contribution in [2.75, 3.05) is 18.5 Å². The van der Waals surface area contributed by atoms with E-state index in [0.717, 1.165) is 16.8 Å². The minimum Gasteiger partial charge on any atom is -0.490 e. The maximum absolute atomic E-state index is 12.5. The number of para-hydroxylation sites is 2. The van der Waals surface area contributed by atoms with E-state index < -0.39 is 5.97 Å². The van der Waals surface area contributed by atoms with Crippen molar-refractivity contribution in [3.63, 3.8) is 0 Å². The van der Waals surface area contributed by atoms with Crippen LogP contribution in [0.15, 0.2) is 66.7 Å². The number of rotatable bonds is 8. The van der Waals surface area contributed by atoms with Crippen molar-refractivity contribution >= 4 is 17.6 Å². The third-order valence-electron chi connectivity index (χ3n) is 4.47. The molecule has 0 saturated heterocycles. The van der Waals surface area contributed by atoms with Crippen LogP contribution in [0.3, 0.4) is 0 Å². The van der Waals surface area contributed by atoms with Crippen molar-refractivity contribution in [3.8, 4) is 17.2 Å². The van der Waals surface area contributed by atoms with Gasteiger partial charge in [-0.25, -0.2) is 4.79 Å². The summed E-state index contributed by atoms with van der Waals surface area (Å²) in [5.41, 5.74) is 3.34. The molecular weight excluding hydrogens is 394 g/mol. The van der Waals surface area contributed by atoms with Gasteiger partial charge >= 0.3 is 5.97 Å². The Bertz CT molecular complexity index is 1060. The van der Waals surface area contributed by atoms with Gasteiger partial charge in [-0.05, 0) is 68.8 Å². The fourth-order valence-electron chi connectivity index (χ4n) is 2.96. The quantitative estimate of drug-likeness (QED) is 0.414. The second-order valence-electron chi connectivity index (χ2n) is 6.94. The highest BCUT2D eigenvalue weighted by atomic mass is 16.6. The summed E-state index contributed by atoms with van der Waals surface area (Å²) in [6, 6.07) is 19.3. The molecule has 6 heteroatoms. The van der Waals surface area contributed by atoms with Gasteiger partial charge in [0.2, 0.25) is 0 Å². The maximum Gasteiger partial charge on any atom is 0.349 e. The topological polar surface area (TPSA) is 73.9 Å². The normalized spacial score (nSPS) is 10.3. The molecule has 0 saturated carbocycles. The predicted molar refractivity (Wildman–Crippen MR) is 119 cm³/mol. The lowest BCUT2D eigenvalue weighted by molar-refractivity contribution is -0.136. The molecule has 0 aromatic heterocycles. The van der Waals surface area contributed by atoms with Gasteiger partial charge in [-0.1, -0.05) is 29.8 Å². The average molecular weight is 419 g/mol. The largest absolute Gasteiger partial charge is 0.490 e.